The predicted molar refractivity (Wildman–Crippen MR) is 67.8 cm³/mol. The van der Waals surface area contributed by atoms with Gasteiger partial charge in [-0.3, -0.25) is 0 Å². The maximum atomic E-state index is 13.2. The molecular formula is C13H17BrFN. The highest BCUT2D eigenvalue weighted by molar-refractivity contribution is 9.10. The third kappa shape index (κ3) is 3.29. The van der Waals surface area contributed by atoms with Gasteiger partial charge in [0.1, 0.15) is 5.82 Å². The van der Waals surface area contributed by atoms with Crippen molar-refractivity contribution in [2.45, 2.75) is 32.2 Å². The van der Waals surface area contributed by atoms with Crippen LogP contribution in [0.4, 0.5) is 4.39 Å². The van der Waals surface area contributed by atoms with Crippen LogP contribution >= 0.6 is 15.9 Å². The molecule has 1 aliphatic carbocycles. The van der Waals surface area contributed by atoms with Crippen molar-refractivity contribution >= 4 is 15.9 Å². The van der Waals surface area contributed by atoms with E-state index in [1.54, 1.807) is 12.1 Å². The first kappa shape index (κ1) is 12.1. The Morgan fingerprint density at radius 2 is 2.19 bits per heavy atom. The van der Waals surface area contributed by atoms with Crippen LogP contribution in [0.1, 0.15) is 31.2 Å². The molecule has 0 spiro atoms. The topological polar surface area (TPSA) is 12.0 Å². The summed E-state index contributed by atoms with van der Waals surface area (Å²) >= 11 is 3.15. The standard InChI is InChI=1S/C13H17BrFN/c14-12-5-4-11(8-13(12)15)9-16-7-6-10-2-1-3-10/h4-5,8,10,16H,1-3,6-7,9H2. The number of hydrogen-bond donors (Lipinski definition) is 1. The van der Waals surface area contributed by atoms with Gasteiger partial charge in [0.05, 0.1) is 4.47 Å². The first-order chi connectivity index (χ1) is 7.75. The number of nitrogens with one attached hydrogen (secondary N) is 1. The summed E-state index contributed by atoms with van der Waals surface area (Å²) in [7, 11) is 0. The minimum absolute atomic E-state index is 0.182. The Bertz CT molecular complexity index is 350. The van der Waals surface area contributed by atoms with Crippen LogP contribution in [0.3, 0.4) is 0 Å². The molecule has 3 heteroatoms. The van der Waals surface area contributed by atoms with Gasteiger partial charge in [0.25, 0.3) is 0 Å². The molecule has 1 saturated carbocycles. The van der Waals surface area contributed by atoms with E-state index < -0.39 is 0 Å². The van der Waals surface area contributed by atoms with Gasteiger partial charge >= 0.3 is 0 Å². The van der Waals surface area contributed by atoms with Crippen molar-refractivity contribution in [2.24, 2.45) is 5.92 Å². The Morgan fingerprint density at radius 3 is 2.81 bits per heavy atom. The van der Waals surface area contributed by atoms with Crippen LogP contribution in [0.5, 0.6) is 0 Å². The molecule has 0 heterocycles. The van der Waals surface area contributed by atoms with E-state index in [-0.39, 0.29) is 5.82 Å². The second-order valence-corrected chi connectivity index (χ2v) is 5.37. The minimum Gasteiger partial charge on any atom is -0.313 e. The fraction of sp³-hybridized carbons (Fsp3) is 0.538. The summed E-state index contributed by atoms with van der Waals surface area (Å²) in [4.78, 5) is 0. The van der Waals surface area contributed by atoms with Gasteiger partial charge in [-0.05, 0) is 52.5 Å². The van der Waals surface area contributed by atoms with Crippen LogP contribution in [0.2, 0.25) is 0 Å². The lowest BCUT2D eigenvalue weighted by atomic mass is 9.83. The van der Waals surface area contributed by atoms with E-state index in [9.17, 15) is 4.39 Å². The molecular weight excluding hydrogens is 269 g/mol. The van der Waals surface area contributed by atoms with Crippen LogP contribution < -0.4 is 5.32 Å². The maximum Gasteiger partial charge on any atom is 0.137 e. The average molecular weight is 286 g/mol. The number of halogens is 2. The number of hydrogen-bond acceptors (Lipinski definition) is 1. The number of rotatable bonds is 5. The monoisotopic (exact) mass is 285 g/mol. The van der Waals surface area contributed by atoms with Crippen molar-refractivity contribution in [2.75, 3.05) is 6.54 Å². The molecule has 0 radical (unpaired) electrons. The normalized spacial score (nSPS) is 16.1. The first-order valence-electron chi connectivity index (χ1n) is 5.90. The third-order valence-corrected chi connectivity index (χ3v) is 3.91. The highest BCUT2D eigenvalue weighted by Crippen LogP contribution is 2.28. The molecule has 0 amide bonds. The van der Waals surface area contributed by atoms with E-state index in [0.717, 1.165) is 24.6 Å². The largest absolute Gasteiger partial charge is 0.313 e. The van der Waals surface area contributed by atoms with E-state index >= 15 is 0 Å². The van der Waals surface area contributed by atoms with Gasteiger partial charge in [-0.25, -0.2) is 4.39 Å². The highest BCUT2D eigenvalue weighted by atomic mass is 79.9. The summed E-state index contributed by atoms with van der Waals surface area (Å²) in [6, 6.07) is 5.29. The second-order valence-electron chi connectivity index (χ2n) is 4.51. The minimum atomic E-state index is -0.182. The zero-order chi connectivity index (χ0) is 11.4. The first-order valence-corrected chi connectivity index (χ1v) is 6.69. The van der Waals surface area contributed by atoms with Crippen LogP contribution in [-0.2, 0) is 6.54 Å². The van der Waals surface area contributed by atoms with Gasteiger partial charge in [-0.1, -0.05) is 25.3 Å². The molecule has 0 aliphatic heterocycles. The Hall–Kier alpha value is -0.410. The molecule has 1 fully saturated rings. The van der Waals surface area contributed by atoms with E-state index in [0.29, 0.717) is 4.47 Å². The van der Waals surface area contributed by atoms with Gasteiger partial charge in [0, 0.05) is 6.54 Å². The second kappa shape index (κ2) is 5.78. The fourth-order valence-corrected chi connectivity index (χ4v) is 2.22. The van der Waals surface area contributed by atoms with E-state index in [4.69, 9.17) is 0 Å². The van der Waals surface area contributed by atoms with Crippen LogP contribution in [0, 0.1) is 11.7 Å². The molecule has 1 aromatic rings. The van der Waals surface area contributed by atoms with E-state index in [1.165, 1.54) is 25.7 Å². The van der Waals surface area contributed by atoms with Crippen LogP contribution in [-0.4, -0.2) is 6.54 Å². The molecule has 0 aromatic heterocycles. The Morgan fingerprint density at radius 1 is 1.38 bits per heavy atom. The molecule has 0 unspecified atom stereocenters. The molecule has 0 saturated heterocycles. The third-order valence-electron chi connectivity index (χ3n) is 3.27. The molecule has 1 N–H and O–H groups in total. The molecule has 88 valence electrons. The maximum absolute atomic E-state index is 13.2. The van der Waals surface area contributed by atoms with E-state index in [2.05, 4.69) is 21.2 Å². The number of benzene rings is 1. The van der Waals surface area contributed by atoms with Crippen molar-refractivity contribution in [3.63, 3.8) is 0 Å². The molecule has 2 rings (SSSR count). The van der Waals surface area contributed by atoms with Gasteiger partial charge < -0.3 is 5.32 Å². The van der Waals surface area contributed by atoms with Crippen LogP contribution in [0.15, 0.2) is 22.7 Å². The van der Waals surface area contributed by atoms with Crippen molar-refractivity contribution in [1.29, 1.82) is 0 Å². The van der Waals surface area contributed by atoms with Crippen molar-refractivity contribution in [3.05, 3.63) is 34.1 Å². The van der Waals surface area contributed by atoms with E-state index in [1.807, 2.05) is 6.07 Å². The van der Waals surface area contributed by atoms with Gasteiger partial charge in [0.2, 0.25) is 0 Å². The Labute approximate surface area is 105 Å². The van der Waals surface area contributed by atoms with Gasteiger partial charge in [0.15, 0.2) is 0 Å². The van der Waals surface area contributed by atoms with Gasteiger partial charge in [-0.15, -0.1) is 0 Å². The molecule has 1 nitrogen and oxygen atoms in total. The van der Waals surface area contributed by atoms with Gasteiger partial charge in [-0.2, -0.15) is 0 Å². The summed E-state index contributed by atoms with van der Waals surface area (Å²) in [6.07, 6.45) is 5.46. The van der Waals surface area contributed by atoms with Crippen molar-refractivity contribution < 1.29 is 4.39 Å². The fourth-order valence-electron chi connectivity index (χ4n) is 1.97. The van der Waals surface area contributed by atoms with Crippen molar-refractivity contribution in [3.8, 4) is 0 Å². The average Bonchev–Trinajstić information content (AvgIpc) is 2.20. The lowest BCUT2D eigenvalue weighted by Gasteiger charge is -2.25. The lowest BCUT2D eigenvalue weighted by Crippen LogP contribution is -2.21. The molecule has 0 atom stereocenters. The lowest BCUT2D eigenvalue weighted by molar-refractivity contribution is 0.292. The molecule has 16 heavy (non-hydrogen) atoms. The quantitative estimate of drug-likeness (QED) is 0.810. The molecule has 1 aliphatic rings. The SMILES string of the molecule is Fc1cc(CNCCC2CCC2)ccc1Br. The summed E-state index contributed by atoms with van der Waals surface area (Å²) in [5, 5.41) is 3.37. The molecule has 1 aromatic carbocycles. The highest BCUT2D eigenvalue weighted by Gasteiger charge is 2.16. The summed E-state index contributed by atoms with van der Waals surface area (Å²) in [5.41, 5.74) is 1.01. The Kier molecular flexibility index (Phi) is 4.36. The zero-order valence-electron chi connectivity index (χ0n) is 9.31. The zero-order valence-corrected chi connectivity index (χ0v) is 10.9. The predicted octanol–water partition coefficient (Wildman–Crippen LogP) is 3.87. The molecule has 0 bridgehead atoms. The summed E-state index contributed by atoms with van der Waals surface area (Å²) < 4.78 is 13.7. The summed E-state index contributed by atoms with van der Waals surface area (Å²) in [5.74, 6) is 0.757. The van der Waals surface area contributed by atoms with Crippen LogP contribution in [0.25, 0.3) is 0 Å². The van der Waals surface area contributed by atoms with Crippen molar-refractivity contribution in [1.82, 2.24) is 5.32 Å². The Balaban J connectivity index is 1.69. The summed E-state index contributed by atoms with van der Waals surface area (Å²) in [6.45, 7) is 1.80. The smallest absolute Gasteiger partial charge is 0.137 e.